The highest BCUT2D eigenvalue weighted by Gasteiger charge is 2.18. The van der Waals surface area contributed by atoms with Gasteiger partial charge in [0.2, 0.25) is 0 Å². The van der Waals surface area contributed by atoms with Crippen LogP contribution >= 0.6 is 0 Å². The molecule has 5 heteroatoms. The highest BCUT2D eigenvalue weighted by molar-refractivity contribution is 6.04. The molecule has 1 N–H and O–H groups in total. The average molecular weight is 358 g/mol. The van der Waals surface area contributed by atoms with Gasteiger partial charge in [-0.15, -0.1) is 0 Å². The van der Waals surface area contributed by atoms with Crippen LogP contribution in [0.4, 0.5) is 11.4 Å². The van der Waals surface area contributed by atoms with Gasteiger partial charge in [-0.3, -0.25) is 4.79 Å². The van der Waals surface area contributed by atoms with E-state index < -0.39 is 0 Å². The van der Waals surface area contributed by atoms with Crippen molar-refractivity contribution in [1.82, 2.24) is 9.97 Å². The third-order valence-electron chi connectivity index (χ3n) is 4.86. The maximum absolute atomic E-state index is 12.4. The number of aromatic nitrogens is 2. The number of hydrogen-bond acceptors (Lipinski definition) is 4. The lowest BCUT2D eigenvalue weighted by atomic mass is 10.2. The number of carbonyl (C=O) groups excluding carboxylic acids is 1. The molecule has 0 bridgehead atoms. The summed E-state index contributed by atoms with van der Waals surface area (Å²) < 4.78 is 0. The molecular weight excluding hydrogens is 336 g/mol. The molecule has 3 aromatic rings. The smallest absolute Gasteiger partial charge is 0.258 e. The second kappa shape index (κ2) is 7.58. The summed E-state index contributed by atoms with van der Waals surface area (Å²) in [6.45, 7) is 4.47. The molecule has 1 aromatic heterocycles. The van der Waals surface area contributed by atoms with Crippen molar-refractivity contribution in [1.29, 1.82) is 0 Å². The van der Waals surface area contributed by atoms with Gasteiger partial charge in [0.1, 0.15) is 0 Å². The van der Waals surface area contributed by atoms with Crippen molar-refractivity contribution in [3.63, 3.8) is 0 Å². The monoisotopic (exact) mass is 358 g/mol. The predicted octanol–water partition coefficient (Wildman–Crippen LogP) is 4.24. The van der Waals surface area contributed by atoms with Crippen LogP contribution in [0.25, 0.3) is 11.4 Å². The molecule has 0 saturated carbocycles. The number of anilines is 2. The molecule has 1 aliphatic heterocycles. The molecule has 1 aliphatic rings. The highest BCUT2D eigenvalue weighted by Crippen LogP contribution is 2.25. The van der Waals surface area contributed by atoms with E-state index in [9.17, 15) is 4.79 Å². The molecule has 5 nitrogen and oxygen atoms in total. The first-order valence-electron chi connectivity index (χ1n) is 9.23. The molecule has 1 saturated heterocycles. The first-order valence-corrected chi connectivity index (χ1v) is 9.23. The minimum absolute atomic E-state index is 0.211. The zero-order chi connectivity index (χ0) is 18.6. The third kappa shape index (κ3) is 3.97. The van der Waals surface area contributed by atoms with E-state index >= 15 is 0 Å². The molecule has 1 atom stereocenters. The number of amides is 1. The van der Waals surface area contributed by atoms with E-state index in [1.165, 1.54) is 12.1 Å². The first kappa shape index (κ1) is 17.2. The van der Waals surface area contributed by atoms with Crippen molar-refractivity contribution in [3.05, 3.63) is 72.6 Å². The Balaban J connectivity index is 1.41. The summed E-state index contributed by atoms with van der Waals surface area (Å²) in [7, 11) is 0. The molecule has 1 amide bonds. The van der Waals surface area contributed by atoms with Crippen LogP contribution in [0.2, 0.25) is 0 Å². The quantitative estimate of drug-likeness (QED) is 0.758. The molecule has 0 aliphatic carbocycles. The summed E-state index contributed by atoms with van der Waals surface area (Å²) in [4.78, 5) is 23.4. The average Bonchev–Trinajstić information content (AvgIpc) is 3.16. The van der Waals surface area contributed by atoms with Gasteiger partial charge in [0.15, 0.2) is 5.82 Å². The predicted molar refractivity (Wildman–Crippen MR) is 108 cm³/mol. The number of nitrogens with zero attached hydrogens (tertiary/aromatic N) is 3. The van der Waals surface area contributed by atoms with Gasteiger partial charge in [-0.2, -0.15) is 0 Å². The van der Waals surface area contributed by atoms with Gasteiger partial charge in [-0.1, -0.05) is 37.3 Å². The van der Waals surface area contributed by atoms with E-state index in [1.54, 1.807) is 12.4 Å². The topological polar surface area (TPSA) is 58.1 Å². The van der Waals surface area contributed by atoms with Crippen molar-refractivity contribution in [3.8, 4) is 11.4 Å². The molecule has 0 radical (unpaired) electrons. The SMILES string of the molecule is CC1CCN(c2ccc(NC(=O)c3cnc(-c4ccccc4)nc3)cc2)C1. The number of nitrogens with one attached hydrogen (secondary N) is 1. The van der Waals surface area contributed by atoms with Crippen LogP contribution in [0, 0.1) is 5.92 Å². The van der Waals surface area contributed by atoms with Gasteiger partial charge >= 0.3 is 0 Å². The Hall–Kier alpha value is -3.21. The zero-order valence-electron chi connectivity index (χ0n) is 15.3. The minimum atomic E-state index is -0.211. The Morgan fingerprint density at radius 1 is 1.04 bits per heavy atom. The Bertz CT molecular complexity index is 907. The molecule has 0 spiro atoms. The second-order valence-corrected chi connectivity index (χ2v) is 7.00. The van der Waals surface area contributed by atoms with Crippen LogP contribution in [0.5, 0.6) is 0 Å². The summed E-state index contributed by atoms with van der Waals surface area (Å²) in [5, 5.41) is 2.91. The summed E-state index contributed by atoms with van der Waals surface area (Å²) in [6, 6.07) is 17.7. The highest BCUT2D eigenvalue weighted by atomic mass is 16.1. The fraction of sp³-hybridized carbons (Fsp3) is 0.227. The lowest BCUT2D eigenvalue weighted by Gasteiger charge is -2.18. The maximum Gasteiger partial charge on any atom is 0.258 e. The molecule has 2 heterocycles. The summed E-state index contributed by atoms with van der Waals surface area (Å²) >= 11 is 0. The van der Waals surface area contributed by atoms with Crippen LogP contribution in [0.15, 0.2) is 67.0 Å². The standard InChI is InChI=1S/C22H22N4O/c1-16-11-12-26(15-16)20-9-7-19(8-10-20)25-22(27)18-13-23-21(24-14-18)17-5-3-2-4-6-17/h2-10,13-14,16H,11-12,15H2,1H3,(H,25,27). The fourth-order valence-corrected chi connectivity index (χ4v) is 3.31. The van der Waals surface area contributed by atoms with Crippen molar-refractivity contribution in [2.75, 3.05) is 23.3 Å². The Labute approximate surface area is 159 Å². The second-order valence-electron chi connectivity index (χ2n) is 7.00. The van der Waals surface area contributed by atoms with E-state index in [4.69, 9.17) is 0 Å². The number of benzene rings is 2. The van der Waals surface area contributed by atoms with Crippen molar-refractivity contribution >= 4 is 17.3 Å². The molecular formula is C22H22N4O. The molecule has 136 valence electrons. The van der Waals surface area contributed by atoms with Gasteiger partial charge in [0.05, 0.1) is 5.56 Å². The van der Waals surface area contributed by atoms with Crippen LogP contribution < -0.4 is 10.2 Å². The van der Waals surface area contributed by atoms with E-state index in [0.717, 1.165) is 30.3 Å². The molecule has 4 rings (SSSR count). The Kier molecular flexibility index (Phi) is 4.83. The van der Waals surface area contributed by atoms with Crippen molar-refractivity contribution < 1.29 is 4.79 Å². The van der Waals surface area contributed by atoms with Gasteiger partial charge in [-0.05, 0) is 36.6 Å². The molecule has 27 heavy (non-hydrogen) atoms. The van der Waals surface area contributed by atoms with E-state index in [-0.39, 0.29) is 5.91 Å². The summed E-state index contributed by atoms with van der Waals surface area (Å²) in [6.07, 6.45) is 4.35. The van der Waals surface area contributed by atoms with Gasteiger partial charge in [0.25, 0.3) is 5.91 Å². The molecule has 2 aromatic carbocycles. The minimum Gasteiger partial charge on any atom is -0.371 e. The normalized spacial score (nSPS) is 16.3. The number of carbonyl (C=O) groups is 1. The largest absolute Gasteiger partial charge is 0.371 e. The lowest BCUT2D eigenvalue weighted by molar-refractivity contribution is 0.102. The zero-order valence-corrected chi connectivity index (χ0v) is 15.3. The van der Waals surface area contributed by atoms with Crippen LogP contribution in [0.3, 0.4) is 0 Å². The van der Waals surface area contributed by atoms with E-state index in [1.807, 2.05) is 42.5 Å². The van der Waals surface area contributed by atoms with Crippen molar-refractivity contribution in [2.24, 2.45) is 5.92 Å². The number of hydrogen-bond donors (Lipinski definition) is 1. The molecule has 1 fully saturated rings. The van der Waals surface area contributed by atoms with Crippen LogP contribution in [-0.4, -0.2) is 29.0 Å². The summed E-state index contributed by atoms with van der Waals surface area (Å²) in [5.41, 5.74) is 3.33. The first-order chi connectivity index (χ1) is 13.2. The van der Waals surface area contributed by atoms with Gasteiger partial charge in [0, 0.05) is 42.4 Å². The lowest BCUT2D eigenvalue weighted by Crippen LogP contribution is -2.19. The fourth-order valence-electron chi connectivity index (χ4n) is 3.31. The van der Waals surface area contributed by atoms with Crippen molar-refractivity contribution in [2.45, 2.75) is 13.3 Å². The Morgan fingerprint density at radius 2 is 1.74 bits per heavy atom. The maximum atomic E-state index is 12.4. The van der Waals surface area contributed by atoms with Gasteiger partial charge < -0.3 is 10.2 Å². The Morgan fingerprint density at radius 3 is 2.37 bits per heavy atom. The van der Waals surface area contributed by atoms with Crippen LogP contribution in [0.1, 0.15) is 23.7 Å². The van der Waals surface area contributed by atoms with Crippen LogP contribution in [-0.2, 0) is 0 Å². The van der Waals surface area contributed by atoms with E-state index in [2.05, 4.69) is 39.2 Å². The third-order valence-corrected chi connectivity index (χ3v) is 4.86. The summed E-state index contributed by atoms with van der Waals surface area (Å²) in [5.74, 6) is 1.14. The van der Waals surface area contributed by atoms with E-state index in [0.29, 0.717) is 11.4 Å². The van der Waals surface area contributed by atoms with Gasteiger partial charge in [-0.25, -0.2) is 9.97 Å². The molecule has 1 unspecified atom stereocenters. The number of rotatable bonds is 4.